The standard InChI is InChI=1S/C23H31N3O/c1-16-5-4-6-21(13-16)26-17(2)14-22(18(26)3)23(27)25-11-9-20(10-12-25)24-15-19-7-8-19/h4-6,13-14,19-20,24H,7-12,15H2,1-3H3. The molecule has 2 heterocycles. The molecular weight excluding hydrogens is 334 g/mol. The number of carbonyl (C=O) groups excluding carboxylic acids is 1. The summed E-state index contributed by atoms with van der Waals surface area (Å²) >= 11 is 0. The monoisotopic (exact) mass is 365 g/mol. The van der Waals surface area contributed by atoms with Crippen LogP contribution >= 0.6 is 0 Å². The highest BCUT2D eigenvalue weighted by atomic mass is 16.2. The molecule has 1 N–H and O–H groups in total. The van der Waals surface area contributed by atoms with Crippen molar-refractivity contribution in [1.29, 1.82) is 0 Å². The predicted octanol–water partition coefficient (Wildman–Crippen LogP) is 4.01. The molecule has 2 fully saturated rings. The molecule has 0 atom stereocenters. The van der Waals surface area contributed by atoms with Crippen LogP contribution in [0.3, 0.4) is 0 Å². The number of piperidine rings is 1. The largest absolute Gasteiger partial charge is 0.338 e. The molecule has 1 aromatic heterocycles. The van der Waals surface area contributed by atoms with E-state index in [2.05, 4.69) is 61.0 Å². The number of amides is 1. The molecule has 2 aromatic rings. The van der Waals surface area contributed by atoms with Gasteiger partial charge < -0.3 is 14.8 Å². The van der Waals surface area contributed by atoms with Crippen molar-refractivity contribution in [3.05, 3.63) is 52.8 Å². The Morgan fingerprint density at radius 2 is 1.81 bits per heavy atom. The Hall–Kier alpha value is -2.07. The van der Waals surface area contributed by atoms with Gasteiger partial charge in [-0.3, -0.25) is 4.79 Å². The third-order valence-corrected chi connectivity index (χ3v) is 6.10. The van der Waals surface area contributed by atoms with E-state index >= 15 is 0 Å². The molecule has 1 aliphatic heterocycles. The number of carbonyl (C=O) groups is 1. The fraction of sp³-hybridized carbons (Fsp3) is 0.522. The number of hydrogen-bond donors (Lipinski definition) is 1. The van der Waals surface area contributed by atoms with Crippen molar-refractivity contribution in [1.82, 2.24) is 14.8 Å². The van der Waals surface area contributed by atoms with Crippen LogP contribution in [0.15, 0.2) is 30.3 Å². The van der Waals surface area contributed by atoms with Crippen molar-refractivity contribution < 1.29 is 4.79 Å². The summed E-state index contributed by atoms with van der Waals surface area (Å²) in [6.07, 6.45) is 4.91. The first kappa shape index (κ1) is 18.3. The summed E-state index contributed by atoms with van der Waals surface area (Å²) in [5.41, 5.74) is 5.36. The second kappa shape index (κ2) is 7.51. The van der Waals surface area contributed by atoms with Crippen LogP contribution in [0.2, 0.25) is 0 Å². The first-order chi connectivity index (χ1) is 13.0. The molecule has 144 valence electrons. The molecule has 4 rings (SSSR count). The fourth-order valence-corrected chi connectivity index (χ4v) is 4.26. The van der Waals surface area contributed by atoms with E-state index in [0.717, 1.165) is 61.0 Å². The summed E-state index contributed by atoms with van der Waals surface area (Å²) in [6.45, 7) is 9.12. The van der Waals surface area contributed by atoms with E-state index in [-0.39, 0.29) is 5.91 Å². The Kier molecular flexibility index (Phi) is 5.09. The summed E-state index contributed by atoms with van der Waals surface area (Å²) in [6, 6.07) is 11.1. The second-order valence-corrected chi connectivity index (χ2v) is 8.38. The van der Waals surface area contributed by atoms with Crippen LogP contribution in [0.4, 0.5) is 0 Å². The number of benzene rings is 1. The van der Waals surface area contributed by atoms with Crippen LogP contribution in [0.25, 0.3) is 5.69 Å². The minimum atomic E-state index is 0.183. The summed E-state index contributed by atoms with van der Waals surface area (Å²) in [5, 5.41) is 3.69. The third kappa shape index (κ3) is 3.96. The van der Waals surface area contributed by atoms with E-state index in [4.69, 9.17) is 0 Å². The predicted molar refractivity (Wildman–Crippen MR) is 110 cm³/mol. The quantitative estimate of drug-likeness (QED) is 0.869. The Morgan fingerprint density at radius 3 is 2.48 bits per heavy atom. The van der Waals surface area contributed by atoms with Gasteiger partial charge in [0.2, 0.25) is 0 Å². The maximum Gasteiger partial charge on any atom is 0.255 e. The van der Waals surface area contributed by atoms with E-state index in [9.17, 15) is 4.79 Å². The van der Waals surface area contributed by atoms with Gasteiger partial charge in [-0.05, 0) is 82.7 Å². The molecule has 27 heavy (non-hydrogen) atoms. The maximum absolute atomic E-state index is 13.2. The van der Waals surface area contributed by atoms with Gasteiger partial charge in [0.05, 0.1) is 5.56 Å². The van der Waals surface area contributed by atoms with Crippen LogP contribution in [-0.2, 0) is 0 Å². The van der Waals surface area contributed by atoms with Crippen LogP contribution in [0.5, 0.6) is 0 Å². The molecule has 0 unspecified atom stereocenters. The lowest BCUT2D eigenvalue weighted by Crippen LogP contribution is -2.45. The molecule has 2 aliphatic rings. The first-order valence-electron chi connectivity index (χ1n) is 10.3. The molecule has 1 amide bonds. The second-order valence-electron chi connectivity index (χ2n) is 8.38. The van der Waals surface area contributed by atoms with E-state index in [1.165, 1.54) is 18.4 Å². The van der Waals surface area contributed by atoms with Gasteiger partial charge in [0.25, 0.3) is 5.91 Å². The van der Waals surface area contributed by atoms with Crippen molar-refractivity contribution in [2.24, 2.45) is 5.92 Å². The molecule has 1 aliphatic carbocycles. The molecule has 4 nitrogen and oxygen atoms in total. The number of rotatable bonds is 5. The molecular formula is C23H31N3O. The number of nitrogens with zero attached hydrogens (tertiary/aromatic N) is 2. The minimum absolute atomic E-state index is 0.183. The molecule has 0 radical (unpaired) electrons. The summed E-state index contributed by atoms with van der Waals surface area (Å²) in [5.74, 6) is 1.10. The lowest BCUT2D eigenvalue weighted by Gasteiger charge is -2.32. The molecule has 0 spiro atoms. The average molecular weight is 366 g/mol. The van der Waals surface area contributed by atoms with E-state index < -0.39 is 0 Å². The lowest BCUT2D eigenvalue weighted by molar-refractivity contribution is 0.0704. The van der Waals surface area contributed by atoms with Gasteiger partial charge in [-0.25, -0.2) is 0 Å². The van der Waals surface area contributed by atoms with Crippen LogP contribution < -0.4 is 5.32 Å². The van der Waals surface area contributed by atoms with Crippen LogP contribution in [-0.4, -0.2) is 41.1 Å². The molecule has 0 bridgehead atoms. The summed E-state index contributed by atoms with van der Waals surface area (Å²) in [7, 11) is 0. The highest BCUT2D eigenvalue weighted by molar-refractivity contribution is 5.96. The molecule has 1 aromatic carbocycles. The van der Waals surface area contributed by atoms with Gasteiger partial charge in [0.1, 0.15) is 0 Å². The number of nitrogens with one attached hydrogen (secondary N) is 1. The van der Waals surface area contributed by atoms with Crippen LogP contribution in [0.1, 0.15) is 53.0 Å². The first-order valence-corrected chi connectivity index (χ1v) is 10.3. The highest BCUT2D eigenvalue weighted by Gasteiger charge is 2.28. The van der Waals surface area contributed by atoms with Crippen molar-refractivity contribution in [3.8, 4) is 5.69 Å². The normalized spacial score (nSPS) is 18.1. The zero-order valence-electron chi connectivity index (χ0n) is 16.8. The zero-order valence-corrected chi connectivity index (χ0v) is 16.8. The van der Waals surface area contributed by atoms with E-state index in [1.807, 2.05) is 4.90 Å². The molecule has 4 heteroatoms. The van der Waals surface area contributed by atoms with Gasteiger partial charge in [-0.1, -0.05) is 12.1 Å². The number of aromatic nitrogens is 1. The Balaban J connectivity index is 1.45. The van der Waals surface area contributed by atoms with E-state index in [0.29, 0.717) is 6.04 Å². The fourth-order valence-electron chi connectivity index (χ4n) is 4.26. The number of likely N-dealkylation sites (tertiary alicyclic amines) is 1. The number of hydrogen-bond acceptors (Lipinski definition) is 2. The van der Waals surface area contributed by atoms with Crippen molar-refractivity contribution in [3.63, 3.8) is 0 Å². The number of aryl methyl sites for hydroxylation is 2. The topological polar surface area (TPSA) is 37.3 Å². The maximum atomic E-state index is 13.2. The van der Waals surface area contributed by atoms with Gasteiger partial charge in [-0.15, -0.1) is 0 Å². The smallest absolute Gasteiger partial charge is 0.255 e. The Bertz CT molecular complexity index is 826. The molecule has 1 saturated heterocycles. The molecule has 1 saturated carbocycles. The van der Waals surface area contributed by atoms with Gasteiger partial charge in [0, 0.05) is 36.2 Å². The van der Waals surface area contributed by atoms with E-state index in [1.54, 1.807) is 0 Å². The SMILES string of the molecule is Cc1cccc(-n2c(C)cc(C(=O)N3CCC(NCC4CC4)CC3)c2C)c1. The highest BCUT2D eigenvalue weighted by Crippen LogP contribution is 2.28. The van der Waals surface area contributed by atoms with Gasteiger partial charge in [0.15, 0.2) is 0 Å². The summed E-state index contributed by atoms with van der Waals surface area (Å²) in [4.78, 5) is 15.2. The van der Waals surface area contributed by atoms with Crippen molar-refractivity contribution in [2.45, 2.75) is 52.5 Å². The lowest BCUT2D eigenvalue weighted by atomic mass is 10.0. The Morgan fingerprint density at radius 1 is 1.07 bits per heavy atom. The van der Waals surface area contributed by atoms with Crippen molar-refractivity contribution in [2.75, 3.05) is 19.6 Å². The van der Waals surface area contributed by atoms with Crippen molar-refractivity contribution >= 4 is 5.91 Å². The summed E-state index contributed by atoms with van der Waals surface area (Å²) < 4.78 is 2.20. The average Bonchev–Trinajstić information content (AvgIpc) is 3.44. The third-order valence-electron chi connectivity index (χ3n) is 6.10. The Labute approximate surface area is 162 Å². The van der Waals surface area contributed by atoms with Gasteiger partial charge in [-0.2, -0.15) is 0 Å². The van der Waals surface area contributed by atoms with Gasteiger partial charge >= 0.3 is 0 Å². The minimum Gasteiger partial charge on any atom is -0.338 e. The zero-order chi connectivity index (χ0) is 19.0. The van der Waals surface area contributed by atoms with Crippen LogP contribution in [0, 0.1) is 26.7 Å².